The van der Waals surface area contributed by atoms with Crippen LogP contribution in [-0.4, -0.2) is 29.2 Å². The summed E-state index contributed by atoms with van der Waals surface area (Å²) in [6.45, 7) is 0. The fraction of sp³-hybridized carbons (Fsp3) is 0.333. The molecule has 19 heavy (non-hydrogen) atoms. The summed E-state index contributed by atoms with van der Waals surface area (Å²) >= 11 is 0. The summed E-state index contributed by atoms with van der Waals surface area (Å²) in [6, 6.07) is 7.28. The Morgan fingerprint density at radius 2 is 1.79 bits per heavy atom. The molecule has 4 nitrogen and oxygen atoms in total. The molecule has 1 amide bonds. The van der Waals surface area contributed by atoms with E-state index in [0.717, 1.165) is 0 Å². The monoisotopic (exact) mass is 275 g/mol. The summed E-state index contributed by atoms with van der Waals surface area (Å²) < 4.78 is 36.4. The topological polar surface area (TPSA) is 66.4 Å². The number of hydrogen-bond donors (Lipinski definition) is 2. The van der Waals surface area contributed by atoms with Crippen molar-refractivity contribution < 1.29 is 27.9 Å². The maximum absolute atomic E-state index is 12.1. The van der Waals surface area contributed by atoms with Crippen molar-refractivity contribution in [2.24, 2.45) is 0 Å². The molecule has 0 spiro atoms. The Balaban J connectivity index is 2.73. The molecule has 7 heteroatoms. The van der Waals surface area contributed by atoms with Crippen LogP contribution >= 0.6 is 0 Å². The van der Waals surface area contributed by atoms with E-state index in [4.69, 9.17) is 5.11 Å². The summed E-state index contributed by atoms with van der Waals surface area (Å²) in [5.74, 6) is -3.40. The molecule has 0 bridgehead atoms. The summed E-state index contributed by atoms with van der Waals surface area (Å²) in [5, 5.41) is 10.3. The minimum Gasteiger partial charge on any atom is -0.481 e. The van der Waals surface area contributed by atoms with Crippen molar-refractivity contribution in [1.82, 2.24) is 5.32 Å². The average Bonchev–Trinajstić information content (AvgIpc) is 2.28. The molecule has 1 rings (SSSR count). The van der Waals surface area contributed by atoms with Crippen LogP contribution in [0.5, 0.6) is 0 Å². The average molecular weight is 275 g/mol. The molecular formula is C12H12F3NO3. The maximum atomic E-state index is 12.1. The number of carboxylic acid groups (broad SMARTS) is 1. The van der Waals surface area contributed by atoms with Gasteiger partial charge in [-0.25, -0.2) is 0 Å². The molecule has 104 valence electrons. The van der Waals surface area contributed by atoms with E-state index < -0.39 is 30.5 Å². The van der Waals surface area contributed by atoms with Crippen molar-refractivity contribution in [2.75, 3.05) is 0 Å². The molecular weight excluding hydrogens is 263 g/mol. The first-order chi connectivity index (χ1) is 8.79. The second-order valence-electron chi connectivity index (χ2n) is 3.96. The van der Waals surface area contributed by atoms with Gasteiger partial charge in [-0.05, 0) is 12.0 Å². The fourth-order valence-electron chi connectivity index (χ4n) is 1.55. The first-order valence-corrected chi connectivity index (χ1v) is 5.42. The van der Waals surface area contributed by atoms with Crippen LogP contribution < -0.4 is 5.32 Å². The van der Waals surface area contributed by atoms with Crippen molar-refractivity contribution in [2.45, 2.75) is 25.1 Å². The quantitative estimate of drug-likeness (QED) is 0.860. The molecule has 0 fully saturated rings. The Hall–Kier alpha value is -2.05. The molecule has 0 saturated heterocycles. The van der Waals surface area contributed by atoms with Gasteiger partial charge >= 0.3 is 18.1 Å². The van der Waals surface area contributed by atoms with E-state index in [9.17, 15) is 22.8 Å². The number of halogens is 3. The van der Waals surface area contributed by atoms with E-state index in [0.29, 0.717) is 5.56 Å². The predicted molar refractivity (Wildman–Crippen MR) is 60.4 cm³/mol. The third kappa shape index (κ3) is 5.41. The van der Waals surface area contributed by atoms with Crippen molar-refractivity contribution >= 4 is 11.9 Å². The Morgan fingerprint density at radius 1 is 1.21 bits per heavy atom. The largest absolute Gasteiger partial charge is 0.481 e. The van der Waals surface area contributed by atoms with Crippen molar-refractivity contribution in [1.29, 1.82) is 0 Å². The second-order valence-corrected chi connectivity index (χ2v) is 3.96. The number of rotatable bonds is 5. The lowest BCUT2D eigenvalue weighted by atomic mass is 10.0. The lowest BCUT2D eigenvalue weighted by Gasteiger charge is -2.18. The normalized spacial score (nSPS) is 12.8. The SMILES string of the molecule is O=C(O)C[C@H](Cc1ccccc1)NC(=O)C(F)(F)F. The van der Waals surface area contributed by atoms with E-state index in [2.05, 4.69) is 0 Å². The summed E-state index contributed by atoms with van der Waals surface area (Å²) in [4.78, 5) is 21.4. The molecule has 1 aromatic rings. The number of benzene rings is 1. The molecule has 0 aliphatic carbocycles. The third-order valence-corrected chi connectivity index (χ3v) is 2.34. The van der Waals surface area contributed by atoms with Crippen LogP contribution in [0.1, 0.15) is 12.0 Å². The van der Waals surface area contributed by atoms with E-state index in [-0.39, 0.29) is 6.42 Å². The zero-order valence-corrected chi connectivity index (χ0v) is 9.78. The van der Waals surface area contributed by atoms with Gasteiger partial charge in [0.2, 0.25) is 0 Å². The minimum atomic E-state index is -5.02. The lowest BCUT2D eigenvalue weighted by Crippen LogP contribution is -2.45. The Kier molecular flexibility index (Phi) is 4.91. The number of nitrogens with one attached hydrogen (secondary N) is 1. The molecule has 1 aromatic carbocycles. The van der Waals surface area contributed by atoms with Gasteiger partial charge in [0, 0.05) is 6.04 Å². The molecule has 0 unspecified atom stereocenters. The number of carboxylic acids is 1. The van der Waals surface area contributed by atoms with Crippen LogP contribution in [0.15, 0.2) is 30.3 Å². The summed E-state index contributed by atoms with van der Waals surface area (Å²) in [5.41, 5.74) is 0.649. The second kappa shape index (κ2) is 6.21. The third-order valence-electron chi connectivity index (χ3n) is 2.34. The van der Waals surface area contributed by atoms with Gasteiger partial charge < -0.3 is 10.4 Å². The standard InChI is InChI=1S/C12H12F3NO3/c13-12(14,15)11(19)16-9(7-10(17)18)6-8-4-2-1-3-5-8/h1-5,9H,6-7H2,(H,16,19)(H,17,18)/t9-/m0/s1. The maximum Gasteiger partial charge on any atom is 0.471 e. The van der Waals surface area contributed by atoms with Gasteiger partial charge in [-0.2, -0.15) is 13.2 Å². The van der Waals surface area contributed by atoms with Gasteiger partial charge in [0.15, 0.2) is 0 Å². The molecule has 0 aromatic heterocycles. The van der Waals surface area contributed by atoms with Crippen molar-refractivity contribution in [3.63, 3.8) is 0 Å². The van der Waals surface area contributed by atoms with Gasteiger partial charge in [-0.1, -0.05) is 30.3 Å². The molecule has 1 atom stereocenters. The number of amides is 1. The van der Waals surface area contributed by atoms with Crippen molar-refractivity contribution in [3.8, 4) is 0 Å². The molecule has 2 N–H and O–H groups in total. The van der Waals surface area contributed by atoms with Crippen LogP contribution in [-0.2, 0) is 16.0 Å². The highest BCUT2D eigenvalue weighted by Gasteiger charge is 2.39. The molecule has 0 aliphatic heterocycles. The van der Waals surface area contributed by atoms with Gasteiger partial charge in [0.1, 0.15) is 0 Å². The van der Waals surface area contributed by atoms with Gasteiger partial charge in [-0.3, -0.25) is 9.59 Å². The highest BCUT2D eigenvalue weighted by molar-refractivity contribution is 5.82. The van der Waals surface area contributed by atoms with Crippen LogP contribution in [0.4, 0.5) is 13.2 Å². The number of aliphatic carboxylic acids is 1. The van der Waals surface area contributed by atoms with Crippen LogP contribution in [0, 0.1) is 0 Å². The first kappa shape index (κ1) is 15.0. The zero-order valence-electron chi connectivity index (χ0n) is 9.78. The van der Waals surface area contributed by atoms with E-state index in [1.807, 2.05) is 0 Å². The molecule has 0 saturated carbocycles. The van der Waals surface area contributed by atoms with Crippen molar-refractivity contribution in [3.05, 3.63) is 35.9 Å². The summed E-state index contributed by atoms with van der Waals surface area (Å²) in [7, 11) is 0. The van der Waals surface area contributed by atoms with E-state index >= 15 is 0 Å². The lowest BCUT2D eigenvalue weighted by molar-refractivity contribution is -0.174. The smallest absolute Gasteiger partial charge is 0.471 e. The molecule has 0 aliphatic rings. The van der Waals surface area contributed by atoms with Crippen LogP contribution in [0.2, 0.25) is 0 Å². The Morgan fingerprint density at radius 3 is 2.26 bits per heavy atom. The highest BCUT2D eigenvalue weighted by Crippen LogP contribution is 2.16. The van der Waals surface area contributed by atoms with Gasteiger partial charge in [-0.15, -0.1) is 0 Å². The Labute approximate surface area is 107 Å². The molecule has 0 radical (unpaired) electrons. The number of carbonyl (C=O) groups excluding carboxylic acids is 1. The van der Waals surface area contributed by atoms with Gasteiger partial charge in [0.05, 0.1) is 6.42 Å². The van der Waals surface area contributed by atoms with Crippen LogP contribution in [0.25, 0.3) is 0 Å². The van der Waals surface area contributed by atoms with E-state index in [1.165, 1.54) is 0 Å². The molecule has 0 heterocycles. The number of carbonyl (C=O) groups is 2. The summed E-state index contributed by atoms with van der Waals surface area (Å²) in [6.07, 6.45) is -5.57. The first-order valence-electron chi connectivity index (χ1n) is 5.42. The van der Waals surface area contributed by atoms with E-state index in [1.54, 1.807) is 35.6 Å². The predicted octanol–water partition coefficient (Wildman–Crippen LogP) is 1.75. The number of hydrogen-bond acceptors (Lipinski definition) is 2. The minimum absolute atomic E-state index is 0.0228. The zero-order chi connectivity index (χ0) is 14.5. The van der Waals surface area contributed by atoms with Gasteiger partial charge in [0.25, 0.3) is 0 Å². The Bertz CT molecular complexity index is 445. The van der Waals surface area contributed by atoms with Crippen LogP contribution in [0.3, 0.4) is 0 Å². The fourth-order valence-corrected chi connectivity index (χ4v) is 1.55. The number of alkyl halides is 3. The highest BCUT2D eigenvalue weighted by atomic mass is 19.4.